The van der Waals surface area contributed by atoms with Gasteiger partial charge >= 0.3 is 0 Å². The highest BCUT2D eigenvalue weighted by atomic mass is 79.9. The van der Waals surface area contributed by atoms with Gasteiger partial charge < -0.3 is 10.6 Å². The van der Waals surface area contributed by atoms with Crippen molar-refractivity contribution in [1.29, 1.82) is 0 Å². The average Bonchev–Trinajstić information content (AvgIpc) is 2.83. The summed E-state index contributed by atoms with van der Waals surface area (Å²) in [7, 11) is 0. The van der Waals surface area contributed by atoms with E-state index in [0.29, 0.717) is 23.7 Å². The fourth-order valence-electron chi connectivity index (χ4n) is 2.39. The summed E-state index contributed by atoms with van der Waals surface area (Å²) in [5.41, 5.74) is 9.25. The van der Waals surface area contributed by atoms with Gasteiger partial charge in [-0.25, -0.2) is 0 Å². The van der Waals surface area contributed by atoms with Gasteiger partial charge in [-0.15, -0.1) is 0 Å². The second-order valence-corrected chi connectivity index (χ2v) is 6.14. The van der Waals surface area contributed by atoms with Crippen LogP contribution in [0.25, 0.3) is 0 Å². The number of hydrogen-bond donors (Lipinski definition) is 1. The molecule has 1 amide bonds. The van der Waals surface area contributed by atoms with Gasteiger partial charge in [-0.3, -0.25) is 4.79 Å². The number of fused-ring (bicyclic) bond motifs is 1. The first kappa shape index (κ1) is 13.5. The average molecular weight is 352 g/mol. The zero-order valence-corrected chi connectivity index (χ0v) is 12.9. The number of halogens is 2. The van der Waals surface area contributed by atoms with E-state index in [-0.39, 0.29) is 5.91 Å². The maximum atomic E-state index is 12.6. The zero-order valence-electron chi connectivity index (χ0n) is 10.6. The second-order valence-electron chi connectivity index (χ2n) is 4.81. The molecule has 2 aromatic carbocycles. The smallest absolute Gasteiger partial charge is 0.256 e. The number of nitrogens with zero attached hydrogens (tertiary/aromatic N) is 1. The molecule has 2 N–H and O–H groups in total. The number of anilines is 1. The lowest BCUT2D eigenvalue weighted by molar-refractivity contribution is 0.0751. The molecule has 102 valence electrons. The fraction of sp³-hybridized carbons (Fsp3) is 0.133. The van der Waals surface area contributed by atoms with Gasteiger partial charge in [0.15, 0.2) is 0 Å². The molecule has 1 heterocycles. The monoisotopic (exact) mass is 350 g/mol. The summed E-state index contributed by atoms with van der Waals surface area (Å²) >= 11 is 9.48. The van der Waals surface area contributed by atoms with Gasteiger partial charge in [0.1, 0.15) is 0 Å². The van der Waals surface area contributed by atoms with E-state index in [0.717, 1.165) is 21.3 Å². The zero-order chi connectivity index (χ0) is 14.3. The number of amides is 1. The van der Waals surface area contributed by atoms with Gasteiger partial charge in [-0.05, 0) is 41.5 Å². The van der Waals surface area contributed by atoms with Crippen molar-refractivity contribution in [2.45, 2.75) is 13.1 Å². The van der Waals surface area contributed by atoms with E-state index in [1.54, 1.807) is 17.0 Å². The van der Waals surface area contributed by atoms with E-state index >= 15 is 0 Å². The first-order chi connectivity index (χ1) is 9.54. The Labute approximate surface area is 130 Å². The van der Waals surface area contributed by atoms with Crippen LogP contribution in [-0.4, -0.2) is 10.8 Å². The molecule has 0 aliphatic carbocycles. The molecule has 0 saturated carbocycles. The largest absolute Gasteiger partial charge is 0.399 e. The number of hydrogen-bond acceptors (Lipinski definition) is 2. The van der Waals surface area contributed by atoms with Crippen LogP contribution in [0.5, 0.6) is 0 Å². The number of rotatable bonds is 1. The highest BCUT2D eigenvalue weighted by molar-refractivity contribution is 9.10. The van der Waals surface area contributed by atoms with Crippen molar-refractivity contribution < 1.29 is 4.79 Å². The molecule has 0 aromatic heterocycles. The minimum Gasteiger partial charge on any atom is -0.399 e. The minimum absolute atomic E-state index is 0.0638. The van der Waals surface area contributed by atoms with E-state index < -0.39 is 0 Å². The van der Waals surface area contributed by atoms with Crippen LogP contribution in [-0.2, 0) is 13.1 Å². The molecule has 0 radical (unpaired) electrons. The SMILES string of the molecule is Nc1ccc2c(c1)CN(C(=O)c1cc(Br)ccc1Cl)C2. The maximum absolute atomic E-state index is 12.6. The summed E-state index contributed by atoms with van der Waals surface area (Å²) in [6.45, 7) is 1.17. The Morgan fingerprint density at radius 2 is 1.90 bits per heavy atom. The Balaban J connectivity index is 1.89. The van der Waals surface area contributed by atoms with Gasteiger partial charge in [-0.2, -0.15) is 0 Å². The third kappa shape index (κ3) is 2.41. The van der Waals surface area contributed by atoms with Crippen molar-refractivity contribution in [3.05, 3.63) is 62.6 Å². The van der Waals surface area contributed by atoms with Crippen molar-refractivity contribution in [1.82, 2.24) is 4.90 Å². The van der Waals surface area contributed by atoms with Gasteiger partial charge in [0.25, 0.3) is 5.91 Å². The van der Waals surface area contributed by atoms with Crippen LogP contribution in [0.4, 0.5) is 5.69 Å². The van der Waals surface area contributed by atoms with Gasteiger partial charge in [-0.1, -0.05) is 33.6 Å². The van der Waals surface area contributed by atoms with E-state index in [2.05, 4.69) is 15.9 Å². The molecule has 0 spiro atoms. The number of carbonyl (C=O) groups excluding carboxylic acids is 1. The Morgan fingerprint density at radius 1 is 1.15 bits per heavy atom. The lowest BCUT2D eigenvalue weighted by Crippen LogP contribution is -2.25. The summed E-state index contributed by atoms with van der Waals surface area (Å²) in [6, 6.07) is 11.0. The Hall–Kier alpha value is -1.52. The Kier molecular flexibility index (Phi) is 3.44. The number of nitrogen functional groups attached to an aromatic ring is 1. The van der Waals surface area contributed by atoms with E-state index in [1.165, 1.54) is 0 Å². The van der Waals surface area contributed by atoms with Crippen LogP contribution >= 0.6 is 27.5 Å². The number of carbonyl (C=O) groups is 1. The molecule has 0 atom stereocenters. The summed E-state index contributed by atoms with van der Waals surface area (Å²) < 4.78 is 0.839. The molecule has 20 heavy (non-hydrogen) atoms. The van der Waals surface area contributed by atoms with Crippen LogP contribution in [0.15, 0.2) is 40.9 Å². The van der Waals surface area contributed by atoms with Crippen molar-refractivity contribution in [3.63, 3.8) is 0 Å². The minimum atomic E-state index is -0.0638. The molecule has 0 fully saturated rings. The third-order valence-electron chi connectivity index (χ3n) is 3.40. The van der Waals surface area contributed by atoms with Gasteiger partial charge in [0.2, 0.25) is 0 Å². The molecule has 5 heteroatoms. The molecule has 0 bridgehead atoms. The predicted molar refractivity (Wildman–Crippen MR) is 83.6 cm³/mol. The van der Waals surface area contributed by atoms with Crippen LogP contribution in [0.3, 0.4) is 0 Å². The molecule has 2 aromatic rings. The Morgan fingerprint density at radius 3 is 2.70 bits per heavy atom. The molecule has 0 saturated heterocycles. The third-order valence-corrected chi connectivity index (χ3v) is 4.22. The van der Waals surface area contributed by atoms with Crippen LogP contribution in [0, 0.1) is 0 Å². The predicted octanol–water partition coefficient (Wildman–Crippen LogP) is 3.84. The van der Waals surface area contributed by atoms with Crippen LogP contribution < -0.4 is 5.73 Å². The van der Waals surface area contributed by atoms with Crippen molar-refractivity contribution >= 4 is 39.1 Å². The van der Waals surface area contributed by atoms with E-state index in [4.69, 9.17) is 17.3 Å². The second kappa shape index (κ2) is 5.11. The molecular weight excluding hydrogens is 340 g/mol. The van der Waals surface area contributed by atoms with Crippen molar-refractivity contribution in [2.75, 3.05) is 5.73 Å². The molecular formula is C15H12BrClN2O. The van der Waals surface area contributed by atoms with Gasteiger partial charge in [0.05, 0.1) is 10.6 Å². The molecule has 0 unspecified atom stereocenters. The molecule has 1 aliphatic rings. The van der Waals surface area contributed by atoms with Crippen molar-refractivity contribution in [2.24, 2.45) is 0 Å². The van der Waals surface area contributed by atoms with Crippen molar-refractivity contribution in [3.8, 4) is 0 Å². The fourth-order valence-corrected chi connectivity index (χ4v) is 2.95. The summed E-state index contributed by atoms with van der Waals surface area (Å²) in [4.78, 5) is 14.3. The maximum Gasteiger partial charge on any atom is 0.256 e. The lowest BCUT2D eigenvalue weighted by atomic mass is 10.1. The summed E-state index contributed by atoms with van der Waals surface area (Å²) in [6.07, 6.45) is 0. The highest BCUT2D eigenvalue weighted by Gasteiger charge is 2.25. The Bertz CT molecular complexity index is 702. The highest BCUT2D eigenvalue weighted by Crippen LogP contribution is 2.29. The first-order valence-electron chi connectivity index (χ1n) is 6.16. The van der Waals surface area contributed by atoms with Crippen LogP contribution in [0.1, 0.15) is 21.5 Å². The molecule has 3 nitrogen and oxygen atoms in total. The summed E-state index contributed by atoms with van der Waals surface area (Å²) in [5, 5.41) is 0.466. The number of nitrogens with two attached hydrogens (primary N) is 1. The first-order valence-corrected chi connectivity index (χ1v) is 7.33. The normalized spacial score (nSPS) is 13.4. The quantitative estimate of drug-likeness (QED) is 0.793. The van der Waals surface area contributed by atoms with Gasteiger partial charge in [0, 0.05) is 23.2 Å². The van der Waals surface area contributed by atoms with E-state index in [1.807, 2.05) is 24.3 Å². The van der Waals surface area contributed by atoms with E-state index in [9.17, 15) is 4.79 Å². The molecule has 1 aliphatic heterocycles. The molecule has 3 rings (SSSR count). The lowest BCUT2D eigenvalue weighted by Gasteiger charge is -2.16. The standard InChI is InChI=1S/C15H12BrClN2O/c16-11-2-4-14(17)13(6-11)15(20)19-7-9-1-3-12(18)5-10(9)8-19/h1-6H,7-8,18H2. The topological polar surface area (TPSA) is 46.3 Å². The number of benzene rings is 2. The summed E-state index contributed by atoms with van der Waals surface area (Å²) in [5.74, 6) is -0.0638. The van der Waals surface area contributed by atoms with Crippen LogP contribution in [0.2, 0.25) is 5.02 Å².